The number of hydrogen-bond donors (Lipinski definition) is 0. The van der Waals surface area contributed by atoms with E-state index in [1.165, 1.54) is 24.3 Å². The molecule has 0 N–H and O–H groups in total. The SMILES string of the molecule is CCCc1ccc(/C(F)=C(\F)c2ccc(OCC(F)(F)Oc3ccc(OCC)c(F)c3F)cc2)cc1. The van der Waals surface area contributed by atoms with Crippen LogP contribution in [0.1, 0.15) is 37.0 Å². The third-order valence-corrected chi connectivity index (χ3v) is 5.02. The van der Waals surface area contributed by atoms with Gasteiger partial charge < -0.3 is 14.2 Å². The maximum absolute atomic E-state index is 14.6. The lowest BCUT2D eigenvalue weighted by atomic mass is 10.1. The molecule has 3 aromatic rings. The van der Waals surface area contributed by atoms with Gasteiger partial charge in [0.15, 0.2) is 29.8 Å². The van der Waals surface area contributed by atoms with E-state index >= 15 is 0 Å². The lowest BCUT2D eigenvalue weighted by molar-refractivity contribution is -0.196. The zero-order valence-corrected chi connectivity index (χ0v) is 19.6. The van der Waals surface area contributed by atoms with Crippen LogP contribution in [0.4, 0.5) is 26.3 Å². The molecular weight excluding hydrogens is 486 g/mol. The van der Waals surface area contributed by atoms with Crippen molar-refractivity contribution in [3.05, 3.63) is 89.0 Å². The fourth-order valence-electron chi connectivity index (χ4n) is 3.27. The van der Waals surface area contributed by atoms with E-state index in [1.54, 1.807) is 19.1 Å². The molecular formula is C27H24F6O3. The van der Waals surface area contributed by atoms with Crippen molar-refractivity contribution in [3.63, 3.8) is 0 Å². The minimum atomic E-state index is -4.03. The summed E-state index contributed by atoms with van der Waals surface area (Å²) in [5.74, 6) is -6.83. The van der Waals surface area contributed by atoms with Crippen LogP contribution in [0.25, 0.3) is 11.7 Å². The topological polar surface area (TPSA) is 27.7 Å². The average molecular weight is 510 g/mol. The van der Waals surface area contributed by atoms with E-state index in [-0.39, 0.29) is 23.5 Å². The highest BCUT2D eigenvalue weighted by molar-refractivity contribution is 5.83. The smallest absolute Gasteiger partial charge is 0.433 e. The molecule has 0 atom stereocenters. The zero-order chi connectivity index (χ0) is 26.3. The van der Waals surface area contributed by atoms with Gasteiger partial charge in [-0.1, -0.05) is 37.6 Å². The van der Waals surface area contributed by atoms with Gasteiger partial charge >= 0.3 is 6.11 Å². The van der Waals surface area contributed by atoms with E-state index in [2.05, 4.69) is 4.74 Å². The minimum absolute atomic E-state index is 0.0534. The van der Waals surface area contributed by atoms with Crippen LogP contribution in [0.2, 0.25) is 0 Å². The summed E-state index contributed by atoms with van der Waals surface area (Å²) in [4.78, 5) is 0. The van der Waals surface area contributed by atoms with Crippen LogP contribution >= 0.6 is 0 Å². The van der Waals surface area contributed by atoms with Crippen molar-refractivity contribution >= 4 is 11.7 Å². The Labute approximate surface area is 204 Å². The van der Waals surface area contributed by atoms with Crippen molar-refractivity contribution < 1.29 is 40.6 Å². The minimum Gasteiger partial charge on any atom is -0.491 e. The van der Waals surface area contributed by atoms with Gasteiger partial charge in [0.2, 0.25) is 11.6 Å². The Morgan fingerprint density at radius 2 is 1.25 bits per heavy atom. The average Bonchev–Trinajstić information content (AvgIpc) is 2.87. The first-order valence-corrected chi connectivity index (χ1v) is 11.2. The summed E-state index contributed by atoms with van der Waals surface area (Å²) in [7, 11) is 0. The third-order valence-electron chi connectivity index (χ3n) is 5.02. The van der Waals surface area contributed by atoms with Crippen molar-refractivity contribution in [2.75, 3.05) is 13.2 Å². The van der Waals surface area contributed by atoms with Gasteiger partial charge in [-0.2, -0.15) is 17.6 Å². The maximum Gasteiger partial charge on any atom is 0.433 e. The van der Waals surface area contributed by atoms with Gasteiger partial charge in [-0.3, -0.25) is 0 Å². The van der Waals surface area contributed by atoms with Crippen LogP contribution in [-0.2, 0) is 6.42 Å². The fourth-order valence-corrected chi connectivity index (χ4v) is 3.27. The maximum atomic E-state index is 14.6. The van der Waals surface area contributed by atoms with Crippen molar-refractivity contribution in [3.8, 4) is 17.2 Å². The summed E-state index contributed by atoms with van der Waals surface area (Å²) < 4.78 is 99.4. The largest absolute Gasteiger partial charge is 0.491 e. The molecule has 0 saturated carbocycles. The highest BCUT2D eigenvalue weighted by Crippen LogP contribution is 2.32. The van der Waals surface area contributed by atoms with Gasteiger partial charge in [0.25, 0.3) is 0 Å². The van der Waals surface area contributed by atoms with Crippen molar-refractivity contribution in [2.24, 2.45) is 0 Å². The van der Waals surface area contributed by atoms with Crippen LogP contribution in [0.3, 0.4) is 0 Å². The van der Waals surface area contributed by atoms with E-state index in [4.69, 9.17) is 9.47 Å². The summed E-state index contributed by atoms with van der Waals surface area (Å²) in [5, 5.41) is 0. The molecule has 0 unspecified atom stereocenters. The second kappa shape index (κ2) is 11.9. The van der Waals surface area contributed by atoms with Crippen LogP contribution in [-0.4, -0.2) is 19.3 Å². The van der Waals surface area contributed by atoms with Gasteiger partial charge in [0, 0.05) is 11.1 Å². The van der Waals surface area contributed by atoms with Crippen LogP contribution in [0.15, 0.2) is 60.7 Å². The molecule has 0 aliphatic carbocycles. The molecule has 0 saturated heterocycles. The molecule has 3 rings (SSSR count). The molecule has 3 nitrogen and oxygen atoms in total. The van der Waals surface area contributed by atoms with Gasteiger partial charge in [-0.15, -0.1) is 0 Å². The first kappa shape index (κ1) is 27.0. The van der Waals surface area contributed by atoms with E-state index in [9.17, 15) is 26.3 Å². The van der Waals surface area contributed by atoms with Crippen molar-refractivity contribution in [1.82, 2.24) is 0 Å². The number of hydrogen-bond acceptors (Lipinski definition) is 3. The lowest BCUT2D eigenvalue weighted by Crippen LogP contribution is -2.33. The molecule has 0 fully saturated rings. The van der Waals surface area contributed by atoms with Crippen molar-refractivity contribution in [1.29, 1.82) is 0 Å². The van der Waals surface area contributed by atoms with Crippen LogP contribution in [0, 0.1) is 11.6 Å². The highest BCUT2D eigenvalue weighted by atomic mass is 19.3. The standard InChI is InChI=1S/C27H24F6O3/c1-3-5-17-6-8-18(9-7-17)23(28)24(29)19-10-12-20(13-11-19)35-16-27(32,33)36-22-15-14-21(34-4-2)25(30)26(22)31/h6-15H,3-5,16H2,1-2H3/b24-23+. The Balaban J connectivity index is 1.65. The number of halogens is 6. The molecule has 0 spiro atoms. The Morgan fingerprint density at radius 3 is 1.81 bits per heavy atom. The zero-order valence-electron chi connectivity index (χ0n) is 19.6. The first-order chi connectivity index (χ1) is 17.1. The predicted octanol–water partition coefficient (Wildman–Crippen LogP) is 8.13. The molecule has 9 heteroatoms. The van der Waals surface area contributed by atoms with Gasteiger partial charge in [-0.25, -0.2) is 8.78 Å². The van der Waals surface area contributed by atoms with E-state index in [0.717, 1.165) is 42.7 Å². The predicted molar refractivity (Wildman–Crippen MR) is 125 cm³/mol. The van der Waals surface area contributed by atoms with E-state index in [0.29, 0.717) is 0 Å². The summed E-state index contributed by atoms with van der Waals surface area (Å²) in [6.07, 6.45) is -2.28. The third kappa shape index (κ3) is 6.74. The molecule has 3 aromatic carbocycles. The first-order valence-electron chi connectivity index (χ1n) is 11.2. The summed E-state index contributed by atoms with van der Waals surface area (Å²) in [5.41, 5.74) is 0.960. The quantitative estimate of drug-likeness (QED) is 0.193. The molecule has 0 amide bonds. The number of benzene rings is 3. The van der Waals surface area contributed by atoms with E-state index in [1.807, 2.05) is 6.92 Å². The highest BCUT2D eigenvalue weighted by Gasteiger charge is 2.35. The molecule has 0 aliphatic rings. The molecule has 0 bridgehead atoms. The second-order valence-corrected chi connectivity index (χ2v) is 7.75. The second-order valence-electron chi connectivity index (χ2n) is 7.75. The number of ether oxygens (including phenoxy) is 3. The molecule has 0 heterocycles. The monoisotopic (exact) mass is 510 g/mol. The lowest BCUT2D eigenvalue weighted by Gasteiger charge is -2.19. The molecule has 0 aliphatic heterocycles. The Morgan fingerprint density at radius 1 is 0.722 bits per heavy atom. The van der Waals surface area contributed by atoms with Gasteiger partial charge in [0.1, 0.15) is 5.75 Å². The molecule has 0 aromatic heterocycles. The summed E-state index contributed by atoms with van der Waals surface area (Å²) >= 11 is 0. The number of rotatable bonds is 11. The Bertz CT molecular complexity index is 1190. The summed E-state index contributed by atoms with van der Waals surface area (Å²) in [6.45, 7) is 2.26. The summed E-state index contributed by atoms with van der Waals surface area (Å²) in [6, 6.07) is 12.8. The fraction of sp³-hybridized carbons (Fsp3) is 0.259. The normalized spacial score (nSPS) is 12.2. The van der Waals surface area contributed by atoms with Gasteiger partial charge in [0.05, 0.1) is 6.61 Å². The van der Waals surface area contributed by atoms with Gasteiger partial charge in [-0.05, 0) is 55.3 Å². The molecule has 36 heavy (non-hydrogen) atoms. The van der Waals surface area contributed by atoms with Crippen LogP contribution in [0.5, 0.6) is 17.2 Å². The molecule has 0 radical (unpaired) electrons. The molecule has 192 valence electrons. The van der Waals surface area contributed by atoms with Crippen LogP contribution < -0.4 is 14.2 Å². The number of aryl methyl sites for hydroxylation is 1. The Hall–Kier alpha value is -3.62. The number of alkyl halides is 2. The Kier molecular flexibility index (Phi) is 8.90. The van der Waals surface area contributed by atoms with E-state index < -0.39 is 47.5 Å². The van der Waals surface area contributed by atoms with Crippen molar-refractivity contribution in [2.45, 2.75) is 32.8 Å².